The summed E-state index contributed by atoms with van der Waals surface area (Å²) in [5.74, 6) is 0.991. The molecule has 6 heteroatoms. The van der Waals surface area contributed by atoms with E-state index < -0.39 is 0 Å². The molecule has 2 aromatic heterocycles. The molecule has 3 aromatic rings. The molecule has 0 bridgehead atoms. The Morgan fingerprint density at radius 3 is 2.76 bits per heavy atom. The van der Waals surface area contributed by atoms with Crippen LogP contribution in [0.1, 0.15) is 25.5 Å². The SMILES string of the molecule is COc1cccc(-n2nc(C(C)C)c3c(Cl)ncnc32)c1. The smallest absolute Gasteiger partial charge is 0.168 e. The van der Waals surface area contributed by atoms with Crippen molar-refractivity contribution in [2.45, 2.75) is 19.8 Å². The minimum atomic E-state index is 0.225. The van der Waals surface area contributed by atoms with Crippen molar-refractivity contribution in [2.75, 3.05) is 7.11 Å². The van der Waals surface area contributed by atoms with Crippen LogP contribution in [0.2, 0.25) is 5.15 Å². The van der Waals surface area contributed by atoms with Crippen molar-refractivity contribution in [3.05, 3.63) is 41.4 Å². The summed E-state index contributed by atoms with van der Waals surface area (Å²) in [6, 6.07) is 7.67. The van der Waals surface area contributed by atoms with Crippen LogP contribution in [0.25, 0.3) is 16.7 Å². The highest BCUT2D eigenvalue weighted by atomic mass is 35.5. The highest BCUT2D eigenvalue weighted by Crippen LogP contribution is 2.30. The Kier molecular flexibility index (Phi) is 3.51. The summed E-state index contributed by atoms with van der Waals surface area (Å²) in [4.78, 5) is 8.41. The summed E-state index contributed by atoms with van der Waals surface area (Å²) in [7, 11) is 1.64. The van der Waals surface area contributed by atoms with Gasteiger partial charge in [0.25, 0.3) is 0 Å². The summed E-state index contributed by atoms with van der Waals surface area (Å²) in [6.45, 7) is 4.14. The molecule has 0 spiro atoms. The fourth-order valence-electron chi connectivity index (χ4n) is 2.27. The molecule has 3 rings (SSSR count). The number of ether oxygens (including phenoxy) is 1. The predicted molar refractivity (Wildman–Crippen MR) is 82.3 cm³/mol. The molecule has 0 saturated heterocycles. The minimum absolute atomic E-state index is 0.225. The van der Waals surface area contributed by atoms with E-state index in [1.807, 2.05) is 24.3 Å². The van der Waals surface area contributed by atoms with E-state index in [0.29, 0.717) is 10.8 Å². The van der Waals surface area contributed by atoms with E-state index in [9.17, 15) is 0 Å². The van der Waals surface area contributed by atoms with Crippen LogP contribution in [0.5, 0.6) is 5.75 Å². The Labute approximate surface area is 127 Å². The lowest BCUT2D eigenvalue weighted by molar-refractivity contribution is 0.414. The van der Waals surface area contributed by atoms with E-state index in [2.05, 4.69) is 28.9 Å². The van der Waals surface area contributed by atoms with Crippen LogP contribution in [0.3, 0.4) is 0 Å². The second-order valence-electron chi connectivity index (χ2n) is 5.02. The molecule has 0 N–H and O–H groups in total. The van der Waals surface area contributed by atoms with Crippen molar-refractivity contribution in [1.29, 1.82) is 0 Å². The number of hydrogen-bond acceptors (Lipinski definition) is 4. The van der Waals surface area contributed by atoms with Crippen molar-refractivity contribution in [3.63, 3.8) is 0 Å². The first-order chi connectivity index (χ1) is 10.1. The topological polar surface area (TPSA) is 52.8 Å². The maximum absolute atomic E-state index is 6.24. The van der Waals surface area contributed by atoms with Crippen LogP contribution in [-0.2, 0) is 0 Å². The van der Waals surface area contributed by atoms with Crippen LogP contribution in [0.4, 0.5) is 0 Å². The summed E-state index contributed by atoms with van der Waals surface area (Å²) < 4.78 is 7.04. The Balaban J connectivity index is 2.30. The van der Waals surface area contributed by atoms with E-state index >= 15 is 0 Å². The maximum atomic E-state index is 6.24. The molecular weight excluding hydrogens is 288 g/mol. The van der Waals surface area contributed by atoms with Gasteiger partial charge in [0.15, 0.2) is 5.65 Å². The normalized spacial score (nSPS) is 11.3. The van der Waals surface area contributed by atoms with Gasteiger partial charge in [0.1, 0.15) is 17.2 Å². The number of benzene rings is 1. The van der Waals surface area contributed by atoms with Gasteiger partial charge in [-0.05, 0) is 18.1 Å². The lowest BCUT2D eigenvalue weighted by atomic mass is 10.1. The molecule has 0 amide bonds. The van der Waals surface area contributed by atoms with E-state index in [1.54, 1.807) is 11.8 Å². The number of methoxy groups -OCH3 is 1. The molecule has 2 heterocycles. The molecule has 0 unspecified atom stereocenters. The number of fused-ring (bicyclic) bond motifs is 1. The Hall–Kier alpha value is -2.14. The average molecular weight is 303 g/mol. The van der Waals surface area contributed by atoms with Gasteiger partial charge in [-0.25, -0.2) is 14.6 Å². The molecule has 5 nitrogen and oxygen atoms in total. The molecule has 0 saturated carbocycles. The Morgan fingerprint density at radius 1 is 1.24 bits per heavy atom. The predicted octanol–water partition coefficient (Wildman–Crippen LogP) is 3.60. The molecule has 0 aliphatic rings. The van der Waals surface area contributed by atoms with Crippen molar-refractivity contribution in [2.24, 2.45) is 0 Å². The number of halogens is 1. The van der Waals surface area contributed by atoms with Crippen molar-refractivity contribution < 1.29 is 4.74 Å². The third kappa shape index (κ3) is 2.34. The van der Waals surface area contributed by atoms with Gasteiger partial charge in [-0.15, -0.1) is 0 Å². The highest BCUT2D eigenvalue weighted by molar-refractivity contribution is 6.34. The van der Waals surface area contributed by atoms with Gasteiger partial charge >= 0.3 is 0 Å². The van der Waals surface area contributed by atoms with Crippen LogP contribution >= 0.6 is 11.6 Å². The van der Waals surface area contributed by atoms with Gasteiger partial charge in [-0.3, -0.25) is 0 Å². The zero-order valence-corrected chi connectivity index (χ0v) is 12.8. The summed E-state index contributed by atoms with van der Waals surface area (Å²) >= 11 is 6.24. The first-order valence-corrected chi connectivity index (χ1v) is 7.03. The van der Waals surface area contributed by atoms with Gasteiger partial charge in [0, 0.05) is 6.07 Å². The summed E-state index contributed by atoms with van der Waals surface area (Å²) in [6.07, 6.45) is 1.45. The monoisotopic (exact) mass is 302 g/mol. The molecule has 0 radical (unpaired) electrons. The molecule has 0 aliphatic heterocycles. The molecule has 21 heavy (non-hydrogen) atoms. The third-order valence-corrected chi connectivity index (χ3v) is 3.58. The second kappa shape index (κ2) is 5.33. The molecular formula is C15H15ClN4O. The second-order valence-corrected chi connectivity index (χ2v) is 5.37. The summed E-state index contributed by atoms with van der Waals surface area (Å²) in [5.41, 5.74) is 2.46. The molecule has 108 valence electrons. The number of rotatable bonds is 3. The Morgan fingerprint density at radius 2 is 2.05 bits per heavy atom. The van der Waals surface area contributed by atoms with Gasteiger partial charge in [-0.2, -0.15) is 5.10 Å². The first-order valence-electron chi connectivity index (χ1n) is 6.65. The number of aromatic nitrogens is 4. The molecule has 0 aliphatic carbocycles. The lowest BCUT2D eigenvalue weighted by Gasteiger charge is -2.05. The minimum Gasteiger partial charge on any atom is -0.497 e. The van der Waals surface area contributed by atoms with Gasteiger partial charge in [-0.1, -0.05) is 31.5 Å². The Bertz CT molecular complexity index is 797. The fourth-order valence-corrected chi connectivity index (χ4v) is 2.49. The average Bonchev–Trinajstić information content (AvgIpc) is 2.88. The van der Waals surface area contributed by atoms with Crippen molar-refractivity contribution in [1.82, 2.24) is 19.7 Å². The van der Waals surface area contributed by atoms with Gasteiger partial charge < -0.3 is 4.74 Å². The summed E-state index contributed by atoms with van der Waals surface area (Å²) in [5, 5.41) is 5.90. The maximum Gasteiger partial charge on any atom is 0.168 e. The van der Waals surface area contributed by atoms with Crippen LogP contribution < -0.4 is 4.74 Å². The quantitative estimate of drug-likeness (QED) is 0.694. The zero-order valence-electron chi connectivity index (χ0n) is 12.0. The highest BCUT2D eigenvalue weighted by Gasteiger charge is 2.19. The fraction of sp³-hybridized carbons (Fsp3) is 0.267. The zero-order chi connectivity index (χ0) is 15.0. The standard InChI is InChI=1S/C15H15ClN4O/c1-9(2)13-12-14(16)17-8-18-15(12)20(19-13)10-5-4-6-11(7-10)21-3/h4-9H,1-3H3. The van der Waals surface area contributed by atoms with Gasteiger partial charge in [0.05, 0.1) is 23.9 Å². The van der Waals surface area contributed by atoms with Crippen molar-refractivity contribution >= 4 is 22.6 Å². The van der Waals surface area contributed by atoms with Crippen LogP contribution in [-0.4, -0.2) is 26.9 Å². The molecule has 0 atom stereocenters. The molecule has 0 fully saturated rings. The van der Waals surface area contributed by atoms with Crippen LogP contribution in [0.15, 0.2) is 30.6 Å². The number of hydrogen-bond donors (Lipinski definition) is 0. The molecule has 1 aromatic carbocycles. The van der Waals surface area contributed by atoms with E-state index in [4.69, 9.17) is 16.3 Å². The lowest BCUT2D eigenvalue weighted by Crippen LogP contribution is -1.99. The largest absolute Gasteiger partial charge is 0.497 e. The number of nitrogens with zero attached hydrogens (tertiary/aromatic N) is 4. The van der Waals surface area contributed by atoms with E-state index in [0.717, 1.165) is 22.5 Å². The van der Waals surface area contributed by atoms with E-state index in [1.165, 1.54) is 6.33 Å². The third-order valence-electron chi connectivity index (χ3n) is 3.29. The van der Waals surface area contributed by atoms with Crippen molar-refractivity contribution in [3.8, 4) is 11.4 Å². The first kappa shape index (κ1) is 13.8. The van der Waals surface area contributed by atoms with Crippen LogP contribution in [0, 0.1) is 0 Å². The van der Waals surface area contributed by atoms with Gasteiger partial charge in [0.2, 0.25) is 0 Å². The van der Waals surface area contributed by atoms with E-state index in [-0.39, 0.29) is 5.92 Å².